The van der Waals surface area contributed by atoms with Gasteiger partial charge >= 0.3 is 0 Å². The number of nitrogens with one attached hydrogen (secondary N) is 1. The quantitative estimate of drug-likeness (QED) is 0.757. The molecule has 0 aromatic carbocycles. The Hall–Kier alpha value is -0.120. The molecule has 0 aromatic heterocycles. The minimum absolute atomic E-state index is 0.347. The van der Waals surface area contributed by atoms with Gasteiger partial charge in [-0.2, -0.15) is 0 Å². The van der Waals surface area contributed by atoms with Gasteiger partial charge in [0.1, 0.15) is 0 Å². The van der Waals surface area contributed by atoms with Gasteiger partial charge in [-0.05, 0) is 25.2 Å². The highest BCUT2D eigenvalue weighted by atomic mass is 16.5. The van der Waals surface area contributed by atoms with Crippen molar-refractivity contribution in [1.29, 1.82) is 0 Å². The summed E-state index contributed by atoms with van der Waals surface area (Å²) < 4.78 is 5.51. The predicted octanol–water partition coefficient (Wildman–Crippen LogP) is 1.88. The van der Waals surface area contributed by atoms with Crippen molar-refractivity contribution in [2.45, 2.75) is 52.1 Å². The highest BCUT2D eigenvalue weighted by Gasteiger charge is 2.38. The maximum Gasteiger partial charge on any atom is 0.0483 e. The molecule has 2 heterocycles. The zero-order valence-electron chi connectivity index (χ0n) is 11.9. The summed E-state index contributed by atoms with van der Waals surface area (Å²) in [7, 11) is 0. The molecular weight excluding hydrogens is 212 g/mol. The molecule has 2 rings (SSSR count). The minimum Gasteiger partial charge on any atom is -0.381 e. The second kappa shape index (κ2) is 4.87. The zero-order valence-corrected chi connectivity index (χ0v) is 11.9. The Morgan fingerprint density at radius 2 is 1.88 bits per heavy atom. The van der Waals surface area contributed by atoms with Crippen LogP contribution >= 0.6 is 0 Å². The Balaban J connectivity index is 2.01. The van der Waals surface area contributed by atoms with E-state index in [1.165, 1.54) is 25.9 Å². The number of hydrogen-bond donors (Lipinski definition) is 1. The molecule has 1 atom stereocenters. The fraction of sp³-hybridized carbons (Fsp3) is 1.00. The van der Waals surface area contributed by atoms with E-state index in [-0.39, 0.29) is 0 Å². The van der Waals surface area contributed by atoms with Crippen molar-refractivity contribution in [2.75, 3.05) is 32.8 Å². The lowest BCUT2D eigenvalue weighted by atomic mass is 9.82. The molecule has 0 aliphatic carbocycles. The number of piperazine rings is 1. The molecule has 2 fully saturated rings. The molecule has 2 saturated heterocycles. The van der Waals surface area contributed by atoms with Crippen LogP contribution in [0.25, 0.3) is 0 Å². The van der Waals surface area contributed by atoms with Crippen LogP contribution in [0.1, 0.15) is 40.5 Å². The second-order valence-corrected chi connectivity index (χ2v) is 6.93. The third-order valence-corrected chi connectivity index (χ3v) is 4.55. The van der Waals surface area contributed by atoms with Crippen molar-refractivity contribution in [3.05, 3.63) is 0 Å². The standard InChI is InChI=1S/C14H28N2O/c1-13(2,3)12-11-16(8-7-15-12)14(4)5-9-17-10-6-14/h12,15H,5-11H2,1-4H3. The van der Waals surface area contributed by atoms with Crippen LogP contribution in [0.5, 0.6) is 0 Å². The Labute approximate surface area is 106 Å². The number of nitrogens with zero attached hydrogens (tertiary/aromatic N) is 1. The van der Waals surface area contributed by atoms with Gasteiger partial charge in [0.15, 0.2) is 0 Å². The monoisotopic (exact) mass is 240 g/mol. The summed E-state index contributed by atoms with van der Waals surface area (Å²) in [5.41, 5.74) is 0.712. The molecule has 0 amide bonds. The molecule has 0 spiro atoms. The number of rotatable bonds is 1. The maximum absolute atomic E-state index is 5.51. The largest absolute Gasteiger partial charge is 0.381 e. The smallest absolute Gasteiger partial charge is 0.0483 e. The van der Waals surface area contributed by atoms with Crippen LogP contribution in [0.3, 0.4) is 0 Å². The lowest BCUT2D eigenvalue weighted by molar-refractivity contribution is -0.0375. The van der Waals surface area contributed by atoms with Crippen molar-refractivity contribution in [1.82, 2.24) is 10.2 Å². The molecule has 0 bridgehead atoms. The highest BCUT2D eigenvalue weighted by molar-refractivity contribution is 4.95. The Morgan fingerprint density at radius 1 is 1.24 bits per heavy atom. The number of hydrogen-bond acceptors (Lipinski definition) is 3. The van der Waals surface area contributed by atoms with Gasteiger partial charge in [0.25, 0.3) is 0 Å². The Kier molecular flexibility index (Phi) is 3.81. The van der Waals surface area contributed by atoms with Crippen LogP contribution in [0, 0.1) is 5.41 Å². The van der Waals surface area contributed by atoms with E-state index in [0.29, 0.717) is 17.0 Å². The first-order chi connectivity index (χ1) is 7.92. The molecule has 1 N–H and O–H groups in total. The average Bonchev–Trinajstić information content (AvgIpc) is 2.29. The van der Waals surface area contributed by atoms with Crippen molar-refractivity contribution >= 4 is 0 Å². The lowest BCUT2D eigenvalue weighted by Crippen LogP contribution is -2.62. The molecule has 2 aliphatic heterocycles. The van der Waals surface area contributed by atoms with Crippen LogP contribution in [0.15, 0.2) is 0 Å². The van der Waals surface area contributed by atoms with E-state index < -0.39 is 0 Å². The molecule has 3 heteroatoms. The highest BCUT2D eigenvalue weighted by Crippen LogP contribution is 2.31. The first-order valence-electron chi connectivity index (χ1n) is 6.98. The zero-order chi connectivity index (χ0) is 12.5. The van der Waals surface area contributed by atoms with Gasteiger partial charge < -0.3 is 10.1 Å². The van der Waals surface area contributed by atoms with Gasteiger partial charge in [-0.25, -0.2) is 0 Å². The van der Waals surface area contributed by atoms with Crippen LogP contribution < -0.4 is 5.32 Å². The summed E-state index contributed by atoms with van der Waals surface area (Å²) in [4.78, 5) is 2.70. The van der Waals surface area contributed by atoms with E-state index in [0.717, 1.165) is 19.8 Å². The minimum atomic E-state index is 0.347. The van der Waals surface area contributed by atoms with Gasteiger partial charge in [-0.15, -0.1) is 0 Å². The lowest BCUT2D eigenvalue weighted by Gasteiger charge is -2.50. The molecule has 0 saturated carbocycles. The van der Waals surface area contributed by atoms with Crippen molar-refractivity contribution in [3.8, 4) is 0 Å². The summed E-state index contributed by atoms with van der Waals surface area (Å²) in [6, 6.07) is 0.607. The SMILES string of the molecule is CC(C)(C)C1CN(C2(C)CCOCC2)CCN1. The normalized spacial score (nSPS) is 31.4. The van der Waals surface area contributed by atoms with E-state index in [1.54, 1.807) is 0 Å². The maximum atomic E-state index is 5.51. The van der Waals surface area contributed by atoms with E-state index in [2.05, 4.69) is 37.9 Å². The van der Waals surface area contributed by atoms with E-state index in [9.17, 15) is 0 Å². The van der Waals surface area contributed by atoms with Crippen molar-refractivity contribution < 1.29 is 4.74 Å². The summed E-state index contributed by atoms with van der Waals surface area (Å²) in [5, 5.41) is 3.67. The van der Waals surface area contributed by atoms with Crippen molar-refractivity contribution in [2.24, 2.45) is 5.41 Å². The second-order valence-electron chi connectivity index (χ2n) is 6.93. The predicted molar refractivity (Wildman–Crippen MR) is 71.3 cm³/mol. The molecular formula is C14H28N2O. The Bertz CT molecular complexity index is 253. The van der Waals surface area contributed by atoms with E-state index in [4.69, 9.17) is 4.74 Å². The third-order valence-electron chi connectivity index (χ3n) is 4.55. The van der Waals surface area contributed by atoms with Crippen LogP contribution in [0.2, 0.25) is 0 Å². The number of ether oxygens (including phenoxy) is 1. The molecule has 0 radical (unpaired) electrons. The summed E-state index contributed by atoms with van der Waals surface area (Å²) in [6.45, 7) is 14.8. The van der Waals surface area contributed by atoms with Gasteiger partial charge in [0.05, 0.1) is 0 Å². The first kappa shape index (κ1) is 13.3. The Morgan fingerprint density at radius 3 is 2.47 bits per heavy atom. The van der Waals surface area contributed by atoms with Gasteiger partial charge in [-0.1, -0.05) is 20.8 Å². The summed E-state index contributed by atoms with van der Waals surface area (Å²) in [5.74, 6) is 0. The van der Waals surface area contributed by atoms with E-state index >= 15 is 0 Å². The van der Waals surface area contributed by atoms with Gasteiger partial charge in [-0.3, -0.25) is 4.90 Å². The fourth-order valence-corrected chi connectivity index (χ4v) is 2.95. The van der Waals surface area contributed by atoms with Gasteiger partial charge in [0.2, 0.25) is 0 Å². The van der Waals surface area contributed by atoms with Crippen LogP contribution in [-0.2, 0) is 4.74 Å². The molecule has 100 valence electrons. The molecule has 1 unspecified atom stereocenters. The topological polar surface area (TPSA) is 24.5 Å². The summed E-state index contributed by atoms with van der Waals surface area (Å²) in [6.07, 6.45) is 2.37. The van der Waals surface area contributed by atoms with Crippen LogP contribution in [-0.4, -0.2) is 49.3 Å². The molecule has 2 aliphatic rings. The van der Waals surface area contributed by atoms with Crippen molar-refractivity contribution in [3.63, 3.8) is 0 Å². The van der Waals surface area contributed by atoms with Crippen LogP contribution in [0.4, 0.5) is 0 Å². The third kappa shape index (κ3) is 3.01. The molecule has 0 aromatic rings. The average molecular weight is 240 g/mol. The summed E-state index contributed by atoms with van der Waals surface area (Å²) >= 11 is 0. The fourth-order valence-electron chi connectivity index (χ4n) is 2.95. The van der Waals surface area contributed by atoms with Gasteiger partial charge in [0, 0.05) is 44.4 Å². The molecule has 3 nitrogen and oxygen atoms in total. The first-order valence-corrected chi connectivity index (χ1v) is 6.98. The molecule has 17 heavy (non-hydrogen) atoms. The van der Waals surface area contributed by atoms with E-state index in [1.807, 2.05) is 0 Å².